The zero-order chi connectivity index (χ0) is 21.6. The largest absolute Gasteiger partial charge is 0.451 e. The summed E-state index contributed by atoms with van der Waals surface area (Å²) in [5, 5.41) is 1.71. The van der Waals surface area contributed by atoms with E-state index in [4.69, 9.17) is 16.3 Å². The molecule has 3 aromatic rings. The highest BCUT2D eigenvalue weighted by Crippen LogP contribution is 2.41. The van der Waals surface area contributed by atoms with E-state index in [0.717, 1.165) is 54.4 Å². The van der Waals surface area contributed by atoms with Gasteiger partial charge in [-0.3, -0.25) is 0 Å². The first-order valence-electron chi connectivity index (χ1n) is 10.3. The molecule has 1 N–H and O–H groups in total. The number of benzene rings is 1. The first-order valence-corrected chi connectivity index (χ1v) is 10.7. The summed E-state index contributed by atoms with van der Waals surface area (Å²) in [5.74, 6) is -0.816. The van der Waals surface area contributed by atoms with E-state index >= 15 is 0 Å². The Morgan fingerprint density at radius 3 is 2.90 bits per heavy atom. The number of alkyl halides is 3. The Bertz CT molecular complexity index is 1100. The van der Waals surface area contributed by atoms with Crippen LogP contribution in [0.3, 0.4) is 0 Å². The predicted molar refractivity (Wildman–Crippen MR) is 110 cm³/mol. The Morgan fingerprint density at radius 2 is 2.13 bits per heavy atom. The van der Waals surface area contributed by atoms with E-state index in [2.05, 4.69) is 19.9 Å². The third-order valence-corrected chi connectivity index (χ3v) is 6.33. The van der Waals surface area contributed by atoms with Crippen molar-refractivity contribution in [2.24, 2.45) is 5.92 Å². The molecule has 0 unspecified atom stereocenters. The Balaban J connectivity index is 1.57. The van der Waals surface area contributed by atoms with Gasteiger partial charge < -0.3 is 14.6 Å². The summed E-state index contributed by atoms with van der Waals surface area (Å²) in [6, 6.07) is 5.51. The summed E-state index contributed by atoms with van der Waals surface area (Å²) in [4.78, 5) is 16.5. The van der Waals surface area contributed by atoms with Crippen molar-refractivity contribution in [1.29, 1.82) is 0 Å². The monoisotopic (exact) mass is 451 g/mol. The fraction of sp³-hybridized carbons (Fsp3) is 0.476. The van der Waals surface area contributed by atoms with Gasteiger partial charge in [-0.25, -0.2) is 9.97 Å². The van der Waals surface area contributed by atoms with Crippen LogP contribution in [0.25, 0.3) is 10.9 Å². The summed E-state index contributed by atoms with van der Waals surface area (Å²) in [7, 11) is 0. The molecule has 2 aliphatic rings. The highest BCUT2D eigenvalue weighted by molar-refractivity contribution is 6.31. The second kappa shape index (κ2) is 7.94. The van der Waals surface area contributed by atoms with Crippen LogP contribution in [0.15, 0.2) is 24.5 Å². The van der Waals surface area contributed by atoms with Crippen LogP contribution < -0.4 is 4.90 Å². The van der Waals surface area contributed by atoms with Crippen LogP contribution in [0.2, 0.25) is 5.02 Å². The normalized spacial score (nSPS) is 22.0. The Kier molecular flexibility index (Phi) is 5.26. The van der Waals surface area contributed by atoms with Crippen molar-refractivity contribution in [2.45, 2.75) is 37.9 Å². The number of H-pyrrole nitrogens is 1. The van der Waals surface area contributed by atoms with E-state index in [1.54, 1.807) is 0 Å². The van der Waals surface area contributed by atoms with Gasteiger partial charge in [0.25, 0.3) is 0 Å². The Labute approximate surface area is 181 Å². The number of aromatic nitrogens is 4. The molecule has 2 atom stereocenters. The molecule has 0 saturated carbocycles. The topological polar surface area (TPSA) is 66.9 Å². The summed E-state index contributed by atoms with van der Waals surface area (Å²) in [6.07, 6.45) is -0.288. The molecule has 5 rings (SSSR count). The SMILES string of the molecule is FC(F)(F)c1ncnc(N2CCc3c([nH]c4ccc(Cl)cc34)[C@@H]2C[C@@H]2CCCOC2)n1. The van der Waals surface area contributed by atoms with E-state index < -0.39 is 12.0 Å². The van der Waals surface area contributed by atoms with Gasteiger partial charge in [0.2, 0.25) is 11.8 Å². The molecule has 0 aliphatic carbocycles. The molecule has 31 heavy (non-hydrogen) atoms. The molecule has 164 valence electrons. The minimum absolute atomic E-state index is 0.0476. The average Bonchev–Trinajstić information content (AvgIpc) is 3.12. The molecular formula is C21H21ClF3N5O. The standard InChI is InChI=1S/C21H21ClF3N5O/c22-13-3-4-16-15(9-13)14-5-6-30(20-27-11-26-19(29-20)21(23,24)25)17(18(14)28-16)8-12-2-1-7-31-10-12/h3-4,9,11-12,17,28H,1-2,5-8,10H2/t12-,17-/m0/s1. The highest BCUT2D eigenvalue weighted by atomic mass is 35.5. The number of anilines is 1. The van der Waals surface area contributed by atoms with Crippen LogP contribution in [0.4, 0.5) is 19.1 Å². The lowest BCUT2D eigenvalue weighted by atomic mass is 9.88. The van der Waals surface area contributed by atoms with Crippen molar-refractivity contribution in [3.63, 3.8) is 0 Å². The van der Waals surface area contributed by atoms with Crippen LogP contribution in [0, 0.1) is 5.92 Å². The quantitative estimate of drug-likeness (QED) is 0.610. The van der Waals surface area contributed by atoms with Crippen molar-refractivity contribution in [1.82, 2.24) is 19.9 Å². The van der Waals surface area contributed by atoms with E-state index in [1.807, 2.05) is 23.1 Å². The lowest BCUT2D eigenvalue weighted by Gasteiger charge is -2.38. The van der Waals surface area contributed by atoms with Crippen molar-refractivity contribution in [3.8, 4) is 0 Å². The first kappa shape index (κ1) is 20.5. The maximum Gasteiger partial charge on any atom is 0.451 e. The molecule has 0 radical (unpaired) electrons. The average molecular weight is 452 g/mol. The van der Waals surface area contributed by atoms with E-state index in [1.165, 1.54) is 0 Å². The number of rotatable bonds is 3. The molecule has 4 heterocycles. The number of hydrogen-bond donors (Lipinski definition) is 1. The Morgan fingerprint density at radius 1 is 1.26 bits per heavy atom. The van der Waals surface area contributed by atoms with Gasteiger partial charge in [0.05, 0.1) is 6.04 Å². The number of aromatic amines is 1. The van der Waals surface area contributed by atoms with Crippen LogP contribution in [0.5, 0.6) is 0 Å². The highest BCUT2D eigenvalue weighted by Gasteiger charge is 2.38. The molecule has 6 nitrogen and oxygen atoms in total. The zero-order valence-corrected chi connectivity index (χ0v) is 17.4. The van der Waals surface area contributed by atoms with Crippen molar-refractivity contribution >= 4 is 28.5 Å². The molecule has 0 bridgehead atoms. The van der Waals surface area contributed by atoms with E-state index in [-0.39, 0.29) is 12.0 Å². The van der Waals surface area contributed by atoms with Crippen LogP contribution in [-0.2, 0) is 17.3 Å². The third kappa shape index (κ3) is 3.96. The number of nitrogens with zero attached hydrogens (tertiary/aromatic N) is 4. The number of nitrogens with one attached hydrogen (secondary N) is 1. The zero-order valence-electron chi connectivity index (χ0n) is 16.6. The van der Waals surface area contributed by atoms with Crippen LogP contribution in [-0.4, -0.2) is 39.7 Å². The fourth-order valence-corrected chi connectivity index (χ4v) is 4.87. The minimum atomic E-state index is -4.62. The van der Waals surface area contributed by atoms with Gasteiger partial charge in [0.1, 0.15) is 6.33 Å². The maximum absolute atomic E-state index is 13.2. The maximum atomic E-state index is 13.2. The molecule has 0 spiro atoms. The number of halogens is 4. The van der Waals surface area contributed by atoms with Gasteiger partial charge in [-0.2, -0.15) is 18.2 Å². The molecule has 0 amide bonds. The molecular weight excluding hydrogens is 431 g/mol. The van der Waals surface area contributed by atoms with Crippen molar-refractivity contribution < 1.29 is 17.9 Å². The first-order chi connectivity index (χ1) is 14.9. The second-order valence-electron chi connectivity index (χ2n) is 8.09. The lowest BCUT2D eigenvalue weighted by Crippen LogP contribution is -2.39. The molecule has 2 aromatic heterocycles. The lowest BCUT2D eigenvalue weighted by molar-refractivity contribution is -0.145. The minimum Gasteiger partial charge on any atom is -0.381 e. The number of fused-ring (bicyclic) bond motifs is 3. The van der Waals surface area contributed by atoms with Gasteiger partial charge in [-0.15, -0.1) is 0 Å². The molecule has 1 fully saturated rings. The van der Waals surface area contributed by atoms with Gasteiger partial charge in [-0.1, -0.05) is 11.6 Å². The van der Waals surface area contributed by atoms with Crippen LogP contribution >= 0.6 is 11.6 Å². The summed E-state index contributed by atoms with van der Waals surface area (Å²) in [5.41, 5.74) is 3.11. The summed E-state index contributed by atoms with van der Waals surface area (Å²) in [6.45, 7) is 1.91. The Hall–Kier alpha value is -2.39. The molecule has 2 aliphatic heterocycles. The summed E-state index contributed by atoms with van der Waals surface area (Å²) >= 11 is 6.22. The third-order valence-electron chi connectivity index (χ3n) is 6.09. The molecule has 1 aromatic carbocycles. The number of ether oxygens (including phenoxy) is 1. The summed E-state index contributed by atoms with van der Waals surface area (Å²) < 4.78 is 45.3. The van der Waals surface area contributed by atoms with Crippen molar-refractivity contribution in [2.75, 3.05) is 24.7 Å². The van der Waals surface area contributed by atoms with Crippen LogP contribution in [0.1, 0.15) is 42.4 Å². The molecule has 10 heteroatoms. The predicted octanol–water partition coefficient (Wildman–Crippen LogP) is 4.95. The fourth-order valence-electron chi connectivity index (χ4n) is 4.69. The van der Waals surface area contributed by atoms with Gasteiger partial charge >= 0.3 is 6.18 Å². The van der Waals surface area contributed by atoms with Gasteiger partial charge in [-0.05, 0) is 55.4 Å². The molecule has 1 saturated heterocycles. The smallest absolute Gasteiger partial charge is 0.381 e. The van der Waals surface area contributed by atoms with Gasteiger partial charge in [0.15, 0.2) is 0 Å². The van der Waals surface area contributed by atoms with E-state index in [9.17, 15) is 13.2 Å². The second-order valence-corrected chi connectivity index (χ2v) is 8.53. The van der Waals surface area contributed by atoms with Gasteiger partial charge in [0, 0.05) is 41.4 Å². The van der Waals surface area contributed by atoms with E-state index in [0.29, 0.717) is 30.5 Å². The number of hydrogen-bond acceptors (Lipinski definition) is 5. The van der Waals surface area contributed by atoms with Crippen molar-refractivity contribution in [3.05, 3.63) is 46.6 Å².